The third-order valence-electron chi connectivity index (χ3n) is 3.15. The summed E-state index contributed by atoms with van der Waals surface area (Å²) in [6.45, 7) is 0. The van der Waals surface area contributed by atoms with Gasteiger partial charge in [-0.3, -0.25) is 14.4 Å². The fourth-order valence-electron chi connectivity index (χ4n) is 1.98. The van der Waals surface area contributed by atoms with Gasteiger partial charge in [0.05, 0.1) is 25.1 Å². The fourth-order valence-corrected chi connectivity index (χ4v) is 1.98. The van der Waals surface area contributed by atoms with E-state index in [4.69, 9.17) is 0 Å². The number of ether oxygens (including phenoxy) is 1. The Morgan fingerprint density at radius 1 is 1.18 bits per heavy atom. The first kappa shape index (κ1) is 15.5. The van der Waals surface area contributed by atoms with Crippen molar-refractivity contribution in [2.75, 3.05) is 7.11 Å². The van der Waals surface area contributed by atoms with Crippen LogP contribution in [-0.4, -0.2) is 24.0 Å². The molecule has 6 heteroatoms. The predicted molar refractivity (Wildman–Crippen MR) is 80.3 cm³/mol. The van der Waals surface area contributed by atoms with Gasteiger partial charge in [-0.15, -0.1) is 0 Å². The highest BCUT2D eigenvalue weighted by Crippen LogP contribution is 2.17. The van der Waals surface area contributed by atoms with E-state index in [1.165, 1.54) is 25.4 Å². The van der Waals surface area contributed by atoms with Crippen LogP contribution in [0.5, 0.6) is 0 Å². The van der Waals surface area contributed by atoms with E-state index in [-0.39, 0.29) is 17.9 Å². The van der Waals surface area contributed by atoms with Crippen molar-refractivity contribution in [3.63, 3.8) is 0 Å². The van der Waals surface area contributed by atoms with Crippen molar-refractivity contribution < 1.29 is 14.3 Å². The Kier molecular flexibility index (Phi) is 5.08. The van der Waals surface area contributed by atoms with Crippen LogP contribution in [0.25, 0.3) is 0 Å². The van der Waals surface area contributed by atoms with E-state index in [1.807, 2.05) is 30.3 Å². The number of pyridine rings is 1. The summed E-state index contributed by atoms with van der Waals surface area (Å²) in [4.78, 5) is 37.2. The van der Waals surface area contributed by atoms with Gasteiger partial charge in [-0.25, -0.2) is 0 Å². The maximum Gasteiger partial charge on any atom is 0.307 e. The van der Waals surface area contributed by atoms with Crippen molar-refractivity contribution >= 4 is 11.9 Å². The van der Waals surface area contributed by atoms with Crippen LogP contribution in [0.3, 0.4) is 0 Å². The lowest BCUT2D eigenvalue weighted by molar-refractivity contribution is -0.141. The summed E-state index contributed by atoms with van der Waals surface area (Å²) in [6, 6.07) is 11.3. The van der Waals surface area contributed by atoms with Crippen LogP contribution in [0.1, 0.15) is 28.4 Å². The quantitative estimate of drug-likeness (QED) is 0.817. The third-order valence-corrected chi connectivity index (χ3v) is 3.15. The molecule has 0 fully saturated rings. The highest BCUT2D eigenvalue weighted by Gasteiger charge is 2.19. The van der Waals surface area contributed by atoms with Gasteiger partial charge in [-0.2, -0.15) is 0 Å². The summed E-state index contributed by atoms with van der Waals surface area (Å²) < 4.78 is 4.67. The molecule has 114 valence electrons. The largest absolute Gasteiger partial charge is 0.469 e. The molecule has 2 aromatic rings. The molecule has 0 aliphatic rings. The molecule has 22 heavy (non-hydrogen) atoms. The summed E-state index contributed by atoms with van der Waals surface area (Å²) in [5, 5.41) is 2.77. The smallest absolute Gasteiger partial charge is 0.307 e. The lowest BCUT2D eigenvalue weighted by Gasteiger charge is -2.18. The number of rotatable bonds is 5. The molecule has 1 aromatic carbocycles. The molecule has 0 spiro atoms. The monoisotopic (exact) mass is 300 g/mol. The van der Waals surface area contributed by atoms with E-state index in [0.29, 0.717) is 5.56 Å². The van der Waals surface area contributed by atoms with Gasteiger partial charge in [-0.1, -0.05) is 30.3 Å². The second-order valence-electron chi connectivity index (χ2n) is 4.66. The van der Waals surface area contributed by atoms with Crippen molar-refractivity contribution in [2.24, 2.45) is 0 Å². The number of aromatic nitrogens is 1. The van der Waals surface area contributed by atoms with Crippen LogP contribution in [0.4, 0.5) is 0 Å². The summed E-state index contributed by atoms with van der Waals surface area (Å²) in [5.74, 6) is -0.801. The summed E-state index contributed by atoms with van der Waals surface area (Å²) in [5.41, 5.74) is 0.821. The highest BCUT2D eigenvalue weighted by molar-refractivity contribution is 5.94. The van der Waals surface area contributed by atoms with Crippen molar-refractivity contribution in [3.05, 3.63) is 70.1 Å². The van der Waals surface area contributed by atoms with E-state index in [2.05, 4.69) is 15.0 Å². The van der Waals surface area contributed by atoms with Crippen LogP contribution >= 0.6 is 0 Å². The second kappa shape index (κ2) is 7.21. The van der Waals surface area contributed by atoms with Crippen LogP contribution in [0.15, 0.2) is 53.5 Å². The first-order chi connectivity index (χ1) is 10.6. The topological polar surface area (TPSA) is 88.3 Å². The Balaban J connectivity index is 2.18. The molecule has 1 atom stereocenters. The van der Waals surface area contributed by atoms with Crippen molar-refractivity contribution in [3.8, 4) is 0 Å². The number of aromatic amines is 1. The van der Waals surface area contributed by atoms with Gasteiger partial charge in [0.2, 0.25) is 5.56 Å². The normalized spacial score (nSPS) is 11.5. The van der Waals surface area contributed by atoms with Crippen LogP contribution in [0.2, 0.25) is 0 Å². The maximum absolute atomic E-state index is 12.2. The molecule has 0 bridgehead atoms. The lowest BCUT2D eigenvalue weighted by atomic mass is 10.0. The number of esters is 1. The zero-order chi connectivity index (χ0) is 15.9. The van der Waals surface area contributed by atoms with Gasteiger partial charge in [0, 0.05) is 12.3 Å². The maximum atomic E-state index is 12.2. The van der Waals surface area contributed by atoms with E-state index in [9.17, 15) is 14.4 Å². The minimum atomic E-state index is -0.506. The molecule has 0 radical (unpaired) electrons. The lowest BCUT2D eigenvalue weighted by Crippen LogP contribution is -2.30. The molecule has 1 heterocycles. The summed E-state index contributed by atoms with van der Waals surface area (Å²) in [7, 11) is 1.30. The van der Waals surface area contributed by atoms with Gasteiger partial charge in [-0.05, 0) is 11.6 Å². The number of hydrogen-bond acceptors (Lipinski definition) is 4. The first-order valence-corrected chi connectivity index (χ1v) is 6.71. The number of carbonyl (C=O) groups excluding carboxylic acids is 2. The number of nitrogens with one attached hydrogen (secondary N) is 2. The number of benzene rings is 1. The Morgan fingerprint density at radius 2 is 1.91 bits per heavy atom. The molecule has 2 N–H and O–H groups in total. The molecule has 1 aromatic heterocycles. The Bertz CT molecular complexity index is 689. The number of methoxy groups -OCH3 is 1. The Labute approximate surface area is 127 Å². The van der Waals surface area contributed by atoms with Gasteiger partial charge >= 0.3 is 5.97 Å². The van der Waals surface area contributed by atoms with E-state index in [0.717, 1.165) is 5.56 Å². The molecular formula is C16H16N2O4. The Hall–Kier alpha value is -2.89. The number of amides is 1. The van der Waals surface area contributed by atoms with Crippen LogP contribution in [-0.2, 0) is 9.53 Å². The fraction of sp³-hybridized carbons (Fsp3) is 0.188. The highest BCUT2D eigenvalue weighted by atomic mass is 16.5. The number of H-pyrrole nitrogens is 1. The van der Waals surface area contributed by atoms with Gasteiger partial charge in [0.25, 0.3) is 5.91 Å². The number of hydrogen-bond donors (Lipinski definition) is 2. The SMILES string of the molecule is COC(=O)C[C@@H](NC(=O)c1ccc(=O)[nH]c1)c1ccccc1. The molecule has 0 aliphatic heterocycles. The van der Waals surface area contributed by atoms with Crippen LogP contribution < -0.4 is 10.9 Å². The van der Waals surface area contributed by atoms with Crippen LogP contribution in [0, 0.1) is 0 Å². The summed E-state index contributed by atoms with van der Waals surface area (Å²) in [6.07, 6.45) is 1.35. The third kappa shape index (κ3) is 4.05. The molecular weight excluding hydrogens is 284 g/mol. The average Bonchev–Trinajstić information content (AvgIpc) is 2.55. The van der Waals surface area contributed by atoms with E-state index in [1.54, 1.807) is 0 Å². The average molecular weight is 300 g/mol. The number of carbonyl (C=O) groups is 2. The minimum absolute atomic E-state index is 0.0234. The Morgan fingerprint density at radius 3 is 2.50 bits per heavy atom. The first-order valence-electron chi connectivity index (χ1n) is 6.71. The molecule has 0 saturated carbocycles. The molecule has 0 aliphatic carbocycles. The zero-order valence-electron chi connectivity index (χ0n) is 12.0. The van der Waals surface area contributed by atoms with E-state index < -0.39 is 12.0 Å². The molecule has 0 saturated heterocycles. The second-order valence-corrected chi connectivity index (χ2v) is 4.66. The predicted octanol–water partition coefficient (Wildman–Crippen LogP) is 1.41. The molecule has 2 rings (SSSR count). The molecule has 6 nitrogen and oxygen atoms in total. The van der Waals surface area contributed by atoms with E-state index >= 15 is 0 Å². The van der Waals surface area contributed by atoms with Gasteiger partial charge < -0.3 is 15.0 Å². The molecule has 1 amide bonds. The molecule has 0 unspecified atom stereocenters. The van der Waals surface area contributed by atoms with Gasteiger partial charge in [0.1, 0.15) is 0 Å². The van der Waals surface area contributed by atoms with Crippen molar-refractivity contribution in [1.29, 1.82) is 0 Å². The standard InChI is InChI=1S/C16H16N2O4/c1-22-15(20)9-13(11-5-3-2-4-6-11)18-16(21)12-7-8-14(19)17-10-12/h2-8,10,13H,9H2,1H3,(H,17,19)(H,18,21)/t13-/m1/s1. The zero-order valence-corrected chi connectivity index (χ0v) is 12.0. The van der Waals surface area contributed by atoms with Crippen molar-refractivity contribution in [2.45, 2.75) is 12.5 Å². The van der Waals surface area contributed by atoms with Crippen molar-refractivity contribution in [1.82, 2.24) is 10.3 Å². The summed E-state index contributed by atoms with van der Waals surface area (Å²) >= 11 is 0. The minimum Gasteiger partial charge on any atom is -0.469 e. The van der Waals surface area contributed by atoms with Gasteiger partial charge in [0.15, 0.2) is 0 Å².